The molecule has 3 N–H and O–H groups in total. The minimum atomic E-state index is -4.41. The average molecular weight is 606 g/mol. The third-order valence-electron chi connectivity index (χ3n) is 5.73. The number of thiazole rings is 1. The number of halogens is 1. The molecule has 0 radical (unpaired) electrons. The minimum absolute atomic E-state index is 0.162. The minimum Gasteiger partial charge on any atom is -0.468 e. The summed E-state index contributed by atoms with van der Waals surface area (Å²) in [6, 6.07) is 16.7. The molecular weight excluding hydrogens is 582 g/mol. The van der Waals surface area contributed by atoms with Crippen molar-refractivity contribution in [2.75, 3.05) is 11.8 Å². The predicted molar refractivity (Wildman–Crippen MR) is 152 cm³/mol. The van der Waals surface area contributed by atoms with Gasteiger partial charge in [-0.05, 0) is 47.5 Å². The van der Waals surface area contributed by atoms with E-state index in [4.69, 9.17) is 25.9 Å². The van der Waals surface area contributed by atoms with Gasteiger partial charge in [-0.2, -0.15) is 8.42 Å². The Morgan fingerprint density at radius 3 is 2.33 bits per heavy atom. The molecule has 2 heterocycles. The standard InChI is InChI=1S/C26H24ClN3O6S3/c1-36-26(32)19(13-16-5-3-2-4-6-16)24(31)28-21(14-17-7-9-18(10-8-17)30-39(33,34)35)22-15-38-25(29-22)23-20(27)11-12-37-23/h2-12,15,19,21,30H,13-14H2,1H3,(H,28,31)(H,33,34,35). The van der Waals surface area contributed by atoms with Gasteiger partial charge in [0, 0.05) is 5.38 Å². The van der Waals surface area contributed by atoms with E-state index in [1.54, 1.807) is 18.2 Å². The molecule has 13 heteroatoms. The quantitative estimate of drug-likeness (QED) is 0.122. The zero-order valence-corrected chi connectivity index (χ0v) is 23.7. The lowest BCUT2D eigenvalue weighted by molar-refractivity contribution is -0.150. The molecule has 39 heavy (non-hydrogen) atoms. The molecule has 2 atom stereocenters. The van der Waals surface area contributed by atoms with Crippen LogP contribution in [0.15, 0.2) is 71.4 Å². The fraction of sp³-hybridized carbons (Fsp3) is 0.192. The van der Waals surface area contributed by atoms with Gasteiger partial charge in [-0.3, -0.25) is 18.9 Å². The van der Waals surface area contributed by atoms with Crippen molar-refractivity contribution in [3.05, 3.63) is 93.3 Å². The highest BCUT2D eigenvalue weighted by molar-refractivity contribution is 7.87. The predicted octanol–water partition coefficient (Wildman–Crippen LogP) is 5.17. The number of hydrogen-bond acceptors (Lipinski definition) is 8. The molecule has 1 amide bonds. The largest absolute Gasteiger partial charge is 0.468 e. The number of nitrogens with zero attached hydrogens (tertiary/aromatic N) is 1. The molecule has 0 aliphatic carbocycles. The van der Waals surface area contributed by atoms with E-state index in [0.717, 1.165) is 16.0 Å². The zero-order valence-electron chi connectivity index (χ0n) is 20.5. The van der Waals surface area contributed by atoms with Crippen LogP contribution in [0, 0.1) is 5.92 Å². The van der Waals surface area contributed by atoms with Gasteiger partial charge in [0.25, 0.3) is 0 Å². The maximum absolute atomic E-state index is 13.5. The smallest absolute Gasteiger partial charge is 0.357 e. The number of hydrogen-bond donors (Lipinski definition) is 3. The number of carbonyl (C=O) groups is 2. The van der Waals surface area contributed by atoms with Crippen LogP contribution >= 0.6 is 34.3 Å². The summed E-state index contributed by atoms with van der Waals surface area (Å²) in [5, 5.41) is 7.94. The number of thiophene rings is 1. The molecule has 0 fully saturated rings. The number of carbonyl (C=O) groups excluding carboxylic acids is 2. The Morgan fingerprint density at radius 1 is 1.03 bits per heavy atom. The van der Waals surface area contributed by atoms with Crippen molar-refractivity contribution in [1.82, 2.24) is 10.3 Å². The zero-order chi connectivity index (χ0) is 28.0. The van der Waals surface area contributed by atoms with E-state index in [2.05, 4.69) is 5.32 Å². The van der Waals surface area contributed by atoms with Crippen LogP contribution in [0.4, 0.5) is 5.69 Å². The van der Waals surface area contributed by atoms with E-state index >= 15 is 0 Å². The first-order valence-corrected chi connectivity index (χ1v) is 15.2. The van der Waals surface area contributed by atoms with Gasteiger partial charge in [0.05, 0.1) is 34.4 Å². The van der Waals surface area contributed by atoms with E-state index in [1.165, 1.54) is 41.9 Å². The number of methoxy groups -OCH3 is 1. The van der Waals surface area contributed by atoms with Crippen LogP contribution in [0.5, 0.6) is 0 Å². The maximum Gasteiger partial charge on any atom is 0.357 e. The van der Waals surface area contributed by atoms with Crippen molar-refractivity contribution < 1.29 is 27.3 Å². The SMILES string of the molecule is COC(=O)C(Cc1ccccc1)C(=O)NC(Cc1ccc(NS(=O)(=O)O)cc1)c1csc(-c2sccc2Cl)n1. The van der Waals surface area contributed by atoms with Crippen molar-refractivity contribution in [3.8, 4) is 9.88 Å². The Hall–Kier alpha value is -3.29. The van der Waals surface area contributed by atoms with Gasteiger partial charge in [-0.1, -0.05) is 54.1 Å². The second-order valence-electron chi connectivity index (χ2n) is 8.48. The molecule has 0 saturated heterocycles. The molecular formula is C26H24ClN3O6S3. The van der Waals surface area contributed by atoms with Crippen molar-refractivity contribution >= 4 is 62.1 Å². The first kappa shape index (κ1) is 28.7. The summed E-state index contributed by atoms with van der Waals surface area (Å²) in [5.41, 5.74) is 2.32. The Labute approximate surface area is 238 Å². The Balaban J connectivity index is 1.61. The fourth-order valence-electron chi connectivity index (χ4n) is 3.87. The highest BCUT2D eigenvalue weighted by atomic mass is 35.5. The fourth-order valence-corrected chi connectivity index (χ4v) is 6.50. The lowest BCUT2D eigenvalue weighted by atomic mass is 9.97. The summed E-state index contributed by atoms with van der Waals surface area (Å²) < 4.78 is 38.2. The number of ether oxygens (including phenoxy) is 1. The van der Waals surface area contributed by atoms with Crippen LogP contribution in [0.3, 0.4) is 0 Å². The van der Waals surface area contributed by atoms with E-state index in [0.29, 0.717) is 22.1 Å². The molecule has 0 aliphatic heterocycles. The van der Waals surface area contributed by atoms with E-state index in [-0.39, 0.29) is 12.1 Å². The molecule has 204 valence electrons. The topological polar surface area (TPSA) is 135 Å². The third kappa shape index (κ3) is 7.87. The van der Waals surface area contributed by atoms with Gasteiger partial charge in [0.1, 0.15) is 10.9 Å². The van der Waals surface area contributed by atoms with Crippen LogP contribution in [0.25, 0.3) is 9.88 Å². The lowest BCUT2D eigenvalue weighted by Gasteiger charge is -2.21. The summed E-state index contributed by atoms with van der Waals surface area (Å²) in [6.07, 6.45) is 0.452. The maximum atomic E-state index is 13.5. The highest BCUT2D eigenvalue weighted by Crippen LogP contribution is 2.36. The van der Waals surface area contributed by atoms with Gasteiger partial charge in [-0.25, -0.2) is 4.98 Å². The molecule has 0 saturated carbocycles. The first-order chi connectivity index (χ1) is 18.6. The van der Waals surface area contributed by atoms with Crippen molar-refractivity contribution in [1.29, 1.82) is 0 Å². The molecule has 9 nitrogen and oxygen atoms in total. The number of rotatable bonds is 11. The van der Waals surface area contributed by atoms with Crippen LogP contribution in [-0.2, 0) is 37.5 Å². The van der Waals surface area contributed by atoms with E-state index in [9.17, 15) is 18.0 Å². The molecule has 0 spiro atoms. The highest BCUT2D eigenvalue weighted by Gasteiger charge is 2.31. The van der Waals surface area contributed by atoms with Gasteiger partial charge >= 0.3 is 16.3 Å². The Morgan fingerprint density at radius 2 is 1.72 bits per heavy atom. The van der Waals surface area contributed by atoms with E-state index < -0.39 is 34.1 Å². The molecule has 2 unspecified atom stereocenters. The van der Waals surface area contributed by atoms with Gasteiger partial charge in [0.2, 0.25) is 5.91 Å². The van der Waals surface area contributed by atoms with Crippen LogP contribution < -0.4 is 10.0 Å². The normalized spacial score (nSPS) is 12.9. The van der Waals surface area contributed by atoms with Crippen molar-refractivity contribution in [2.24, 2.45) is 5.92 Å². The van der Waals surface area contributed by atoms with Gasteiger partial charge < -0.3 is 10.1 Å². The lowest BCUT2D eigenvalue weighted by Crippen LogP contribution is -2.40. The first-order valence-electron chi connectivity index (χ1n) is 11.6. The molecule has 0 bridgehead atoms. The molecule has 4 rings (SSSR count). The molecule has 2 aromatic carbocycles. The monoisotopic (exact) mass is 605 g/mol. The molecule has 4 aromatic rings. The van der Waals surface area contributed by atoms with Crippen LogP contribution in [0.1, 0.15) is 22.9 Å². The molecule has 2 aromatic heterocycles. The summed E-state index contributed by atoms with van der Waals surface area (Å²) in [5.74, 6) is -2.24. The number of benzene rings is 2. The Bertz CT molecular complexity index is 1540. The number of nitrogens with one attached hydrogen (secondary N) is 2. The molecule has 0 aliphatic rings. The Kier molecular flexibility index (Phi) is 9.36. The second kappa shape index (κ2) is 12.7. The number of esters is 1. The van der Waals surface area contributed by atoms with Gasteiger partial charge in [0.15, 0.2) is 0 Å². The third-order valence-corrected chi connectivity index (χ3v) is 8.58. The number of amides is 1. The summed E-state index contributed by atoms with van der Waals surface area (Å²) >= 11 is 9.14. The van der Waals surface area contributed by atoms with Crippen LogP contribution in [-0.4, -0.2) is 36.9 Å². The van der Waals surface area contributed by atoms with Crippen molar-refractivity contribution in [3.63, 3.8) is 0 Å². The number of anilines is 1. The summed E-state index contributed by atoms with van der Waals surface area (Å²) in [6.45, 7) is 0. The summed E-state index contributed by atoms with van der Waals surface area (Å²) in [4.78, 5) is 31.6. The van der Waals surface area contributed by atoms with E-state index in [1.807, 2.05) is 45.8 Å². The van der Waals surface area contributed by atoms with Crippen molar-refractivity contribution in [2.45, 2.75) is 18.9 Å². The average Bonchev–Trinajstić information content (AvgIpc) is 3.56. The van der Waals surface area contributed by atoms with Gasteiger partial charge in [-0.15, -0.1) is 22.7 Å². The summed E-state index contributed by atoms with van der Waals surface area (Å²) in [7, 11) is -3.17. The van der Waals surface area contributed by atoms with Crippen LogP contribution in [0.2, 0.25) is 5.02 Å². The second-order valence-corrected chi connectivity index (χ2v) is 11.8. The number of aromatic nitrogens is 1.